The second-order valence-electron chi connectivity index (χ2n) is 6.50. The molecule has 0 N–H and O–H groups in total. The molecule has 0 fully saturated rings. The molecule has 0 saturated carbocycles. The largest absolute Gasteiger partial charge is 0.339 e. The molecular formula is C19H24N4O. The molecule has 5 heteroatoms. The van der Waals surface area contributed by atoms with E-state index in [9.17, 15) is 0 Å². The Morgan fingerprint density at radius 1 is 1.04 bits per heavy atom. The topological polar surface area (TPSA) is 55.1 Å². The average molecular weight is 324 g/mol. The molecule has 2 aromatic heterocycles. The Labute approximate surface area is 142 Å². The molecule has 0 radical (unpaired) electrons. The molecule has 0 aliphatic heterocycles. The standard InChI is InChI=1S/C19H24N4O/c1-4-23(13-18-21-19(24-22-18)11-14(2)3)12-16-10-9-15-7-5-6-8-17(15)20-16/h5-10,14H,4,11-13H2,1-3H3. The number of pyridine rings is 1. The summed E-state index contributed by atoms with van der Waals surface area (Å²) in [5.41, 5.74) is 2.09. The SMILES string of the molecule is CCN(Cc1ccc2ccccc2n1)Cc1noc(CC(C)C)n1. The first-order chi connectivity index (χ1) is 11.6. The predicted octanol–water partition coefficient (Wildman–Crippen LogP) is 3.84. The third-order valence-electron chi connectivity index (χ3n) is 3.95. The van der Waals surface area contributed by atoms with E-state index in [0.29, 0.717) is 12.5 Å². The van der Waals surface area contributed by atoms with E-state index < -0.39 is 0 Å². The van der Waals surface area contributed by atoms with Crippen LogP contribution in [0.5, 0.6) is 0 Å². The van der Waals surface area contributed by atoms with Crippen molar-refractivity contribution < 1.29 is 4.52 Å². The minimum atomic E-state index is 0.516. The molecule has 0 unspecified atom stereocenters. The number of aromatic nitrogens is 3. The van der Waals surface area contributed by atoms with Crippen molar-refractivity contribution in [1.29, 1.82) is 0 Å². The number of para-hydroxylation sites is 1. The van der Waals surface area contributed by atoms with Gasteiger partial charge in [-0.1, -0.05) is 50.2 Å². The van der Waals surface area contributed by atoms with Gasteiger partial charge < -0.3 is 4.52 Å². The number of fused-ring (bicyclic) bond motifs is 1. The molecular weight excluding hydrogens is 300 g/mol. The Balaban J connectivity index is 1.68. The molecule has 0 atom stereocenters. The summed E-state index contributed by atoms with van der Waals surface area (Å²) in [6.45, 7) is 8.78. The maximum atomic E-state index is 5.33. The first-order valence-electron chi connectivity index (χ1n) is 8.52. The number of hydrogen-bond acceptors (Lipinski definition) is 5. The fourth-order valence-corrected chi connectivity index (χ4v) is 2.69. The van der Waals surface area contributed by atoms with Gasteiger partial charge in [-0.2, -0.15) is 4.98 Å². The predicted molar refractivity (Wildman–Crippen MR) is 94.4 cm³/mol. The molecule has 0 spiro atoms. The Morgan fingerprint density at radius 3 is 2.67 bits per heavy atom. The Bertz CT molecular complexity index is 797. The summed E-state index contributed by atoms with van der Waals surface area (Å²) < 4.78 is 5.33. The van der Waals surface area contributed by atoms with Gasteiger partial charge in [0.1, 0.15) is 0 Å². The molecule has 0 bridgehead atoms. The number of benzene rings is 1. The van der Waals surface area contributed by atoms with Crippen LogP contribution in [0.15, 0.2) is 40.9 Å². The monoisotopic (exact) mass is 324 g/mol. The van der Waals surface area contributed by atoms with Crippen LogP contribution in [0.4, 0.5) is 0 Å². The summed E-state index contributed by atoms with van der Waals surface area (Å²) in [6, 6.07) is 12.4. The number of rotatable bonds is 7. The lowest BCUT2D eigenvalue weighted by Crippen LogP contribution is -2.23. The van der Waals surface area contributed by atoms with Crippen LogP contribution in [0.3, 0.4) is 0 Å². The van der Waals surface area contributed by atoms with Crippen LogP contribution in [-0.4, -0.2) is 26.6 Å². The maximum absolute atomic E-state index is 5.33. The van der Waals surface area contributed by atoms with E-state index in [1.165, 1.54) is 5.39 Å². The van der Waals surface area contributed by atoms with Crippen molar-refractivity contribution in [3.63, 3.8) is 0 Å². The third kappa shape index (κ3) is 4.17. The second-order valence-corrected chi connectivity index (χ2v) is 6.50. The van der Waals surface area contributed by atoms with Crippen molar-refractivity contribution >= 4 is 10.9 Å². The summed E-state index contributed by atoms with van der Waals surface area (Å²) in [4.78, 5) is 11.5. The van der Waals surface area contributed by atoms with Crippen LogP contribution in [0.2, 0.25) is 0 Å². The lowest BCUT2D eigenvalue weighted by Gasteiger charge is -2.18. The van der Waals surface area contributed by atoms with E-state index in [1.807, 2.05) is 18.2 Å². The molecule has 126 valence electrons. The molecule has 5 nitrogen and oxygen atoms in total. The van der Waals surface area contributed by atoms with E-state index in [1.54, 1.807) is 0 Å². The average Bonchev–Trinajstić information content (AvgIpc) is 3.00. The van der Waals surface area contributed by atoms with Crippen molar-refractivity contribution in [2.45, 2.75) is 40.3 Å². The molecule has 3 aromatic rings. The fraction of sp³-hybridized carbons (Fsp3) is 0.421. The fourth-order valence-electron chi connectivity index (χ4n) is 2.69. The van der Waals surface area contributed by atoms with Gasteiger partial charge in [-0.05, 0) is 24.6 Å². The van der Waals surface area contributed by atoms with Crippen molar-refractivity contribution in [2.75, 3.05) is 6.54 Å². The summed E-state index contributed by atoms with van der Waals surface area (Å²) in [5.74, 6) is 1.98. The van der Waals surface area contributed by atoms with Gasteiger partial charge in [-0.3, -0.25) is 9.88 Å². The zero-order valence-corrected chi connectivity index (χ0v) is 14.6. The lowest BCUT2D eigenvalue weighted by molar-refractivity contribution is 0.256. The van der Waals surface area contributed by atoms with Gasteiger partial charge in [0.2, 0.25) is 5.89 Å². The number of hydrogen-bond donors (Lipinski definition) is 0. The Kier molecular flexibility index (Phi) is 5.20. The molecule has 2 heterocycles. The second kappa shape index (κ2) is 7.53. The summed E-state index contributed by atoms with van der Waals surface area (Å²) in [7, 11) is 0. The zero-order valence-electron chi connectivity index (χ0n) is 14.6. The van der Waals surface area contributed by atoms with E-state index in [2.05, 4.69) is 54.0 Å². The van der Waals surface area contributed by atoms with Gasteiger partial charge in [-0.15, -0.1) is 0 Å². The van der Waals surface area contributed by atoms with E-state index in [-0.39, 0.29) is 0 Å². The molecule has 0 aliphatic carbocycles. The quantitative estimate of drug-likeness (QED) is 0.661. The highest BCUT2D eigenvalue weighted by Gasteiger charge is 2.12. The van der Waals surface area contributed by atoms with Gasteiger partial charge in [0, 0.05) is 18.4 Å². The van der Waals surface area contributed by atoms with Crippen LogP contribution in [0.25, 0.3) is 10.9 Å². The number of nitrogens with zero attached hydrogens (tertiary/aromatic N) is 4. The van der Waals surface area contributed by atoms with Gasteiger partial charge >= 0.3 is 0 Å². The smallest absolute Gasteiger partial charge is 0.226 e. The highest BCUT2D eigenvalue weighted by Crippen LogP contribution is 2.14. The Morgan fingerprint density at radius 2 is 1.88 bits per heavy atom. The Hall–Kier alpha value is -2.27. The van der Waals surface area contributed by atoms with Crippen LogP contribution in [0.1, 0.15) is 38.2 Å². The van der Waals surface area contributed by atoms with Crippen LogP contribution in [0, 0.1) is 5.92 Å². The van der Waals surface area contributed by atoms with Gasteiger partial charge in [0.25, 0.3) is 0 Å². The normalized spacial score (nSPS) is 11.7. The molecule has 3 rings (SSSR count). The van der Waals surface area contributed by atoms with Crippen molar-refractivity contribution in [2.24, 2.45) is 5.92 Å². The maximum Gasteiger partial charge on any atom is 0.226 e. The first-order valence-corrected chi connectivity index (χ1v) is 8.52. The molecule has 24 heavy (non-hydrogen) atoms. The van der Waals surface area contributed by atoms with E-state index in [0.717, 1.165) is 42.4 Å². The molecule has 0 saturated heterocycles. The zero-order chi connectivity index (χ0) is 16.9. The minimum absolute atomic E-state index is 0.516. The molecule has 0 amide bonds. The van der Waals surface area contributed by atoms with Gasteiger partial charge in [0.05, 0.1) is 17.8 Å². The summed E-state index contributed by atoms with van der Waals surface area (Å²) >= 11 is 0. The van der Waals surface area contributed by atoms with Crippen LogP contribution in [-0.2, 0) is 19.5 Å². The van der Waals surface area contributed by atoms with Crippen molar-refractivity contribution in [1.82, 2.24) is 20.0 Å². The van der Waals surface area contributed by atoms with Gasteiger partial charge in [0.15, 0.2) is 5.82 Å². The summed E-state index contributed by atoms with van der Waals surface area (Å²) in [5, 5.41) is 5.27. The minimum Gasteiger partial charge on any atom is -0.339 e. The summed E-state index contributed by atoms with van der Waals surface area (Å²) in [6.07, 6.45) is 0.825. The molecule has 0 aliphatic rings. The van der Waals surface area contributed by atoms with E-state index in [4.69, 9.17) is 9.51 Å². The first kappa shape index (κ1) is 16.6. The highest BCUT2D eigenvalue weighted by molar-refractivity contribution is 5.78. The van der Waals surface area contributed by atoms with E-state index >= 15 is 0 Å². The highest BCUT2D eigenvalue weighted by atomic mass is 16.5. The van der Waals surface area contributed by atoms with Crippen LogP contribution >= 0.6 is 0 Å². The lowest BCUT2D eigenvalue weighted by atomic mass is 10.1. The van der Waals surface area contributed by atoms with Crippen molar-refractivity contribution in [3.8, 4) is 0 Å². The van der Waals surface area contributed by atoms with Crippen LogP contribution < -0.4 is 0 Å². The van der Waals surface area contributed by atoms with Crippen molar-refractivity contribution in [3.05, 3.63) is 53.8 Å². The third-order valence-corrected chi connectivity index (χ3v) is 3.95. The van der Waals surface area contributed by atoms with Gasteiger partial charge in [-0.25, -0.2) is 0 Å². The molecule has 1 aromatic carbocycles.